The van der Waals surface area contributed by atoms with Gasteiger partial charge < -0.3 is 9.47 Å². The maximum atomic E-state index is 11.8. The first-order valence-corrected chi connectivity index (χ1v) is 7.18. The van der Waals surface area contributed by atoms with E-state index in [-0.39, 0.29) is 5.91 Å². The smallest absolute Gasteiger partial charge is 0.223 e. The lowest BCUT2D eigenvalue weighted by atomic mass is 10.4. The molecule has 1 aromatic heterocycles. The molecule has 0 aromatic carbocycles. The minimum atomic E-state index is 0.158. The molecule has 0 radical (unpaired) electrons. The van der Waals surface area contributed by atoms with Crippen molar-refractivity contribution in [2.45, 2.75) is 32.9 Å². The first kappa shape index (κ1) is 14.0. The van der Waals surface area contributed by atoms with E-state index >= 15 is 0 Å². The number of hydrogen-bond donors (Lipinski definition) is 0. The molecular formula is C11H20N4OS. The Morgan fingerprint density at radius 1 is 1.59 bits per heavy atom. The van der Waals surface area contributed by atoms with Gasteiger partial charge in [-0.05, 0) is 12.7 Å². The number of carbonyl (C=O) groups excluding carboxylic acids is 1. The summed E-state index contributed by atoms with van der Waals surface area (Å²) >= 11 is 1.69. The highest BCUT2D eigenvalue weighted by Crippen LogP contribution is 2.04. The summed E-state index contributed by atoms with van der Waals surface area (Å²) in [5.74, 6) is 1.88. The minimum absolute atomic E-state index is 0.158. The van der Waals surface area contributed by atoms with Crippen LogP contribution in [0.5, 0.6) is 0 Å². The molecule has 1 amide bonds. The molecule has 96 valence electrons. The van der Waals surface area contributed by atoms with Crippen molar-refractivity contribution in [1.82, 2.24) is 19.7 Å². The van der Waals surface area contributed by atoms with E-state index in [9.17, 15) is 4.79 Å². The van der Waals surface area contributed by atoms with Crippen LogP contribution in [0.15, 0.2) is 6.33 Å². The van der Waals surface area contributed by atoms with Crippen LogP contribution >= 0.6 is 11.8 Å². The summed E-state index contributed by atoms with van der Waals surface area (Å²) < 4.78 is 2.00. The summed E-state index contributed by atoms with van der Waals surface area (Å²) in [6.45, 7) is 3.54. The van der Waals surface area contributed by atoms with Gasteiger partial charge in [0.15, 0.2) is 5.82 Å². The first-order chi connectivity index (χ1) is 8.19. The lowest BCUT2D eigenvalue weighted by Gasteiger charge is -2.16. The molecule has 5 nitrogen and oxygen atoms in total. The van der Waals surface area contributed by atoms with Crippen LogP contribution in [0.25, 0.3) is 0 Å². The molecule has 0 bridgehead atoms. The molecule has 0 fully saturated rings. The normalized spacial score (nSPS) is 10.5. The van der Waals surface area contributed by atoms with E-state index < -0.39 is 0 Å². The van der Waals surface area contributed by atoms with E-state index in [4.69, 9.17) is 0 Å². The minimum Gasteiger partial charge on any atom is -0.338 e. The SMILES string of the molecule is CCCn1cnnc1CN(C)C(=O)CCSC. The number of aromatic nitrogens is 3. The largest absolute Gasteiger partial charge is 0.338 e. The number of hydrogen-bond acceptors (Lipinski definition) is 4. The molecule has 0 N–H and O–H groups in total. The van der Waals surface area contributed by atoms with Gasteiger partial charge in [-0.15, -0.1) is 10.2 Å². The van der Waals surface area contributed by atoms with Crippen LogP contribution < -0.4 is 0 Å². The number of nitrogens with zero attached hydrogens (tertiary/aromatic N) is 4. The molecule has 0 unspecified atom stereocenters. The van der Waals surface area contributed by atoms with Crippen molar-refractivity contribution in [1.29, 1.82) is 0 Å². The van der Waals surface area contributed by atoms with Crippen molar-refractivity contribution >= 4 is 17.7 Å². The predicted octanol–water partition coefficient (Wildman–Crippen LogP) is 1.40. The van der Waals surface area contributed by atoms with Gasteiger partial charge in [0.1, 0.15) is 6.33 Å². The van der Waals surface area contributed by atoms with Gasteiger partial charge in [0, 0.05) is 25.8 Å². The second-order valence-corrected chi connectivity index (χ2v) is 4.92. The molecule has 0 saturated carbocycles. The maximum Gasteiger partial charge on any atom is 0.223 e. The Labute approximate surface area is 107 Å². The number of amides is 1. The molecule has 17 heavy (non-hydrogen) atoms. The summed E-state index contributed by atoms with van der Waals surface area (Å²) in [5.41, 5.74) is 0. The zero-order valence-electron chi connectivity index (χ0n) is 10.7. The van der Waals surface area contributed by atoms with Gasteiger partial charge in [-0.2, -0.15) is 11.8 Å². The van der Waals surface area contributed by atoms with Crippen LogP contribution in [-0.2, 0) is 17.9 Å². The molecule has 1 heterocycles. The zero-order chi connectivity index (χ0) is 12.7. The summed E-state index contributed by atoms with van der Waals surface area (Å²) in [4.78, 5) is 13.5. The van der Waals surface area contributed by atoms with Crippen LogP contribution in [0.3, 0.4) is 0 Å². The summed E-state index contributed by atoms with van der Waals surface area (Å²) in [6.07, 6.45) is 5.35. The van der Waals surface area contributed by atoms with Gasteiger partial charge in [0.2, 0.25) is 5.91 Å². The average Bonchev–Trinajstić information content (AvgIpc) is 2.74. The fourth-order valence-electron chi connectivity index (χ4n) is 1.51. The quantitative estimate of drug-likeness (QED) is 0.740. The molecule has 1 aromatic rings. The van der Waals surface area contributed by atoms with Gasteiger partial charge >= 0.3 is 0 Å². The average molecular weight is 256 g/mol. The van der Waals surface area contributed by atoms with Crippen LogP contribution in [0.1, 0.15) is 25.6 Å². The Balaban J connectivity index is 2.51. The van der Waals surface area contributed by atoms with E-state index in [1.54, 1.807) is 23.0 Å². The first-order valence-electron chi connectivity index (χ1n) is 5.78. The summed E-state index contributed by atoms with van der Waals surface area (Å²) in [6, 6.07) is 0. The van der Waals surface area contributed by atoms with Gasteiger partial charge in [-0.25, -0.2) is 0 Å². The standard InChI is InChI=1S/C11H20N4OS/c1-4-6-15-9-12-13-10(15)8-14(2)11(16)5-7-17-3/h9H,4-8H2,1-3H3. The topological polar surface area (TPSA) is 51.0 Å². The highest BCUT2D eigenvalue weighted by Gasteiger charge is 2.12. The molecule has 0 atom stereocenters. The number of carbonyl (C=O) groups is 1. The molecule has 1 rings (SSSR count). The fraction of sp³-hybridized carbons (Fsp3) is 0.727. The van der Waals surface area contributed by atoms with Crippen LogP contribution in [0.4, 0.5) is 0 Å². The maximum absolute atomic E-state index is 11.8. The van der Waals surface area contributed by atoms with Crippen molar-refractivity contribution in [2.24, 2.45) is 0 Å². The predicted molar refractivity (Wildman–Crippen MR) is 69.8 cm³/mol. The molecule has 0 aliphatic carbocycles. The second-order valence-electron chi connectivity index (χ2n) is 3.93. The third kappa shape index (κ3) is 4.38. The summed E-state index contributed by atoms with van der Waals surface area (Å²) in [7, 11) is 1.81. The third-order valence-electron chi connectivity index (χ3n) is 2.48. The highest BCUT2D eigenvalue weighted by molar-refractivity contribution is 7.98. The van der Waals surface area contributed by atoms with Crippen LogP contribution in [0, 0.1) is 0 Å². The van der Waals surface area contributed by atoms with E-state index in [1.165, 1.54) is 0 Å². The number of thioether (sulfide) groups is 1. The molecule has 6 heteroatoms. The van der Waals surface area contributed by atoms with E-state index in [1.807, 2.05) is 17.9 Å². The monoisotopic (exact) mass is 256 g/mol. The van der Waals surface area contributed by atoms with Crippen molar-refractivity contribution in [3.8, 4) is 0 Å². The van der Waals surface area contributed by atoms with E-state index in [0.29, 0.717) is 13.0 Å². The molecule has 0 aliphatic rings. The third-order valence-corrected chi connectivity index (χ3v) is 3.10. The Hall–Kier alpha value is -1.04. The second kappa shape index (κ2) is 7.32. The van der Waals surface area contributed by atoms with Crippen LogP contribution in [-0.4, -0.2) is 44.6 Å². The molecule has 0 spiro atoms. The number of aryl methyl sites for hydroxylation is 1. The lowest BCUT2D eigenvalue weighted by molar-refractivity contribution is -0.130. The van der Waals surface area contributed by atoms with Crippen molar-refractivity contribution in [3.05, 3.63) is 12.2 Å². The van der Waals surface area contributed by atoms with Crippen molar-refractivity contribution in [2.75, 3.05) is 19.1 Å². The number of rotatable bonds is 7. The van der Waals surface area contributed by atoms with Crippen molar-refractivity contribution < 1.29 is 4.79 Å². The molecular weight excluding hydrogens is 236 g/mol. The fourth-order valence-corrected chi connectivity index (χ4v) is 1.89. The Bertz CT molecular complexity index is 353. The highest BCUT2D eigenvalue weighted by atomic mass is 32.2. The van der Waals surface area contributed by atoms with Gasteiger partial charge in [0.05, 0.1) is 6.54 Å². The van der Waals surface area contributed by atoms with Gasteiger partial charge in [-0.1, -0.05) is 6.92 Å². The van der Waals surface area contributed by atoms with Gasteiger partial charge in [0.25, 0.3) is 0 Å². The van der Waals surface area contributed by atoms with E-state index in [0.717, 1.165) is 24.5 Å². The van der Waals surface area contributed by atoms with E-state index in [2.05, 4.69) is 17.1 Å². The lowest BCUT2D eigenvalue weighted by Crippen LogP contribution is -2.28. The Morgan fingerprint density at radius 3 is 3.00 bits per heavy atom. The zero-order valence-corrected chi connectivity index (χ0v) is 11.5. The van der Waals surface area contributed by atoms with Gasteiger partial charge in [-0.3, -0.25) is 4.79 Å². The van der Waals surface area contributed by atoms with Crippen molar-refractivity contribution in [3.63, 3.8) is 0 Å². The molecule has 0 aliphatic heterocycles. The summed E-state index contributed by atoms with van der Waals surface area (Å²) in [5, 5.41) is 7.94. The van der Waals surface area contributed by atoms with Crippen LogP contribution in [0.2, 0.25) is 0 Å². The Morgan fingerprint density at radius 2 is 2.35 bits per heavy atom. The molecule has 0 saturated heterocycles. The Kier molecular flexibility index (Phi) is 6.04.